The Kier molecular flexibility index (Phi) is 4.69. The van der Waals surface area contributed by atoms with Crippen molar-refractivity contribution in [2.24, 2.45) is 0 Å². The van der Waals surface area contributed by atoms with Crippen LogP contribution in [0.15, 0.2) is 21.7 Å². The molecule has 0 aromatic carbocycles. The van der Waals surface area contributed by atoms with Crippen LogP contribution in [-0.4, -0.2) is 29.5 Å². The van der Waals surface area contributed by atoms with Crippen LogP contribution in [0.2, 0.25) is 18.1 Å². The van der Waals surface area contributed by atoms with Crippen molar-refractivity contribution in [3.05, 3.63) is 27.4 Å². The molecule has 0 saturated carbocycles. The summed E-state index contributed by atoms with van der Waals surface area (Å²) in [6.45, 7) is 15.6. The Balaban J connectivity index is 2.37. The molecule has 0 unspecified atom stereocenters. The van der Waals surface area contributed by atoms with Gasteiger partial charge in [-0.05, 0) is 54.0 Å². The molecule has 2 aromatic rings. The molecule has 0 radical (unpaired) electrons. The largest absolute Gasteiger partial charge is 0.414 e. The molecule has 23 heavy (non-hydrogen) atoms. The highest BCUT2D eigenvalue weighted by Gasteiger charge is 2.39. The molecule has 0 aliphatic heterocycles. The van der Waals surface area contributed by atoms with Gasteiger partial charge in [0.1, 0.15) is 4.60 Å². The lowest BCUT2D eigenvalue weighted by molar-refractivity contribution is 0.169. The maximum absolute atomic E-state index is 12.4. The molecular formula is C16H26BrN3O2Si. The van der Waals surface area contributed by atoms with Crippen LogP contribution in [0.25, 0.3) is 11.0 Å². The van der Waals surface area contributed by atoms with Gasteiger partial charge in [-0.1, -0.05) is 20.8 Å². The number of imidazole rings is 1. The summed E-state index contributed by atoms with van der Waals surface area (Å²) < 4.78 is 8.79. The van der Waals surface area contributed by atoms with E-state index in [2.05, 4.69) is 59.8 Å². The number of aromatic nitrogens is 3. The van der Waals surface area contributed by atoms with Crippen LogP contribution in [0.3, 0.4) is 0 Å². The van der Waals surface area contributed by atoms with Gasteiger partial charge < -0.3 is 9.41 Å². The normalized spacial score (nSPS) is 13.7. The summed E-state index contributed by atoms with van der Waals surface area (Å²) in [7, 11) is -1.87. The van der Waals surface area contributed by atoms with Crippen molar-refractivity contribution in [2.75, 3.05) is 6.61 Å². The molecule has 128 valence electrons. The van der Waals surface area contributed by atoms with Gasteiger partial charge in [-0.3, -0.25) is 4.57 Å². The first-order valence-corrected chi connectivity index (χ1v) is 11.5. The SMILES string of the molecule is CC(C)(CO[Si](C)(C)C(C)(C)C)n1c(=O)[nH]c2cc(Br)ncc21. The highest BCUT2D eigenvalue weighted by molar-refractivity contribution is 9.10. The number of halogens is 1. The maximum Gasteiger partial charge on any atom is 0.327 e. The predicted molar refractivity (Wildman–Crippen MR) is 101 cm³/mol. The number of H-pyrrole nitrogens is 1. The van der Waals surface area contributed by atoms with Gasteiger partial charge in [0.25, 0.3) is 0 Å². The van der Waals surface area contributed by atoms with E-state index in [1.807, 2.05) is 19.9 Å². The van der Waals surface area contributed by atoms with Crippen molar-refractivity contribution in [3.8, 4) is 0 Å². The molecular weight excluding hydrogens is 374 g/mol. The fourth-order valence-corrected chi connectivity index (χ4v) is 3.70. The van der Waals surface area contributed by atoms with Gasteiger partial charge in [-0.15, -0.1) is 0 Å². The molecule has 5 nitrogen and oxygen atoms in total. The van der Waals surface area contributed by atoms with Crippen molar-refractivity contribution in [1.82, 2.24) is 14.5 Å². The monoisotopic (exact) mass is 399 g/mol. The molecule has 7 heteroatoms. The molecule has 0 saturated heterocycles. The van der Waals surface area contributed by atoms with Crippen LogP contribution in [0.4, 0.5) is 0 Å². The third-order valence-electron chi connectivity index (χ3n) is 4.73. The first kappa shape index (κ1) is 18.4. The van der Waals surface area contributed by atoms with Crippen LogP contribution in [-0.2, 0) is 9.96 Å². The lowest BCUT2D eigenvalue weighted by Crippen LogP contribution is -2.47. The summed E-state index contributed by atoms with van der Waals surface area (Å²) in [5, 5.41) is 0.140. The molecule has 0 bridgehead atoms. The van der Waals surface area contributed by atoms with E-state index >= 15 is 0 Å². The molecule has 2 rings (SSSR count). The zero-order valence-corrected chi connectivity index (χ0v) is 17.5. The van der Waals surface area contributed by atoms with Gasteiger partial charge in [-0.25, -0.2) is 9.78 Å². The molecule has 2 heterocycles. The van der Waals surface area contributed by atoms with E-state index in [9.17, 15) is 4.79 Å². The van der Waals surface area contributed by atoms with Crippen molar-refractivity contribution in [3.63, 3.8) is 0 Å². The molecule has 0 spiro atoms. The maximum atomic E-state index is 12.4. The zero-order chi connectivity index (χ0) is 17.6. The number of aromatic amines is 1. The van der Waals surface area contributed by atoms with E-state index in [1.165, 1.54) is 0 Å². The topological polar surface area (TPSA) is 59.9 Å². The third-order valence-corrected chi connectivity index (χ3v) is 9.64. The van der Waals surface area contributed by atoms with Crippen LogP contribution in [0.5, 0.6) is 0 Å². The number of nitrogens with one attached hydrogen (secondary N) is 1. The fraction of sp³-hybridized carbons (Fsp3) is 0.625. The highest BCUT2D eigenvalue weighted by atomic mass is 79.9. The molecule has 1 N–H and O–H groups in total. The van der Waals surface area contributed by atoms with Gasteiger partial charge in [0.2, 0.25) is 0 Å². The number of rotatable bonds is 4. The Labute approximate surface area is 146 Å². The highest BCUT2D eigenvalue weighted by Crippen LogP contribution is 2.37. The molecule has 2 aromatic heterocycles. The standard InChI is InChI=1S/C16H26BrN3O2Si/c1-15(2,3)23(6,7)22-10-16(4,5)20-12-9-18-13(17)8-11(12)19-14(20)21/h8-9H,10H2,1-7H3,(H,19,21). The Hall–Kier alpha value is -0.923. The van der Waals surface area contributed by atoms with Gasteiger partial charge in [0, 0.05) is 0 Å². The van der Waals surface area contributed by atoms with Gasteiger partial charge in [0.05, 0.1) is 29.4 Å². The molecule has 0 atom stereocenters. The average Bonchev–Trinajstić information content (AvgIpc) is 2.71. The van der Waals surface area contributed by atoms with E-state index in [4.69, 9.17) is 4.43 Å². The second-order valence-corrected chi connectivity index (χ2v) is 13.8. The second kappa shape index (κ2) is 5.86. The quantitative estimate of drug-likeness (QED) is 0.617. The van der Waals surface area contributed by atoms with E-state index in [-0.39, 0.29) is 10.7 Å². The minimum atomic E-state index is -1.87. The van der Waals surface area contributed by atoms with Crippen LogP contribution >= 0.6 is 15.9 Å². The lowest BCUT2D eigenvalue weighted by atomic mass is 10.1. The van der Waals surface area contributed by atoms with E-state index in [0.717, 1.165) is 11.0 Å². The van der Waals surface area contributed by atoms with Crippen LogP contribution in [0.1, 0.15) is 34.6 Å². The van der Waals surface area contributed by atoms with E-state index in [1.54, 1.807) is 10.8 Å². The third kappa shape index (κ3) is 3.61. The van der Waals surface area contributed by atoms with Gasteiger partial charge in [0.15, 0.2) is 8.32 Å². The summed E-state index contributed by atoms with van der Waals surface area (Å²) in [6.07, 6.45) is 1.71. The van der Waals surface area contributed by atoms with Crippen molar-refractivity contribution in [2.45, 2.75) is 58.3 Å². The molecule has 0 aliphatic rings. The number of fused-ring (bicyclic) bond motifs is 1. The second-order valence-electron chi connectivity index (χ2n) is 8.15. The molecule has 0 fully saturated rings. The zero-order valence-electron chi connectivity index (χ0n) is 15.0. The Morgan fingerprint density at radius 3 is 2.48 bits per heavy atom. The Bertz CT molecular complexity index is 772. The number of nitrogens with zero attached hydrogens (tertiary/aromatic N) is 2. The van der Waals surface area contributed by atoms with E-state index in [0.29, 0.717) is 11.2 Å². The minimum Gasteiger partial charge on any atom is -0.414 e. The molecule has 0 aliphatic carbocycles. The van der Waals surface area contributed by atoms with Crippen molar-refractivity contribution < 1.29 is 4.43 Å². The number of pyridine rings is 1. The Morgan fingerprint density at radius 1 is 1.30 bits per heavy atom. The van der Waals surface area contributed by atoms with Gasteiger partial charge >= 0.3 is 5.69 Å². The average molecular weight is 400 g/mol. The summed E-state index contributed by atoms with van der Waals surface area (Å²) in [4.78, 5) is 19.6. The smallest absolute Gasteiger partial charge is 0.327 e. The van der Waals surface area contributed by atoms with Crippen LogP contribution < -0.4 is 5.69 Å². The fourth-order valence-electron chi connectivity index (χ4n) is 2.22. The summed E-state index contributed by atoms with van der Waals surface area (Å²) in [5.41, 5.74) is 0.975. The number of hydrogen-bond acceptors (Lipinski definition) is 3. The first-order chi connectivity index (χ1) is 10.3. The number of hydrogen-bond donors (Lipinski definition) is 1. The molecule has 0 amide bonds. The van der Waals surface area contributed by atoms with Crippen molar-refractivity contribution in [1.29, 1.82) is 0 Å². The van der Waals surface area contributed by atoms with Crippen molar-refractivity contribution >= 4 is 35.3 Å². The summed E-state index contributed by atoms with van der Waals surface area (Å²) in [6, 6.07) is 1.82. The van der Waals surface area contributed by atoms with E-state index < -0.39 is 13.9 Å². The predicted octanol–water partition coefficient (Wildman–Crippen LogP) is 4.24. The summed E-state index contributed by atoms with van der Waals surface area (Å²) >= 11 is 3.33. The lowest BCUT2D eigenvalue weighted by Gasteiger charge is -2.39. The summed E-state index contributed by atoms with van der Waals surface area (Å²) in [5.74, 6) is 0. The van der Waals surface area contributed by atoms with Crippen LogP contribution in [0, 0.1) is 0 Å². The van der Waals surface area contributed by atoms with Gasteiger partial charge in [-0.2, -0.15) is 0 Å². The first-order valence-electron chi connectivity index (χ1n) is 7.76. The minimum absolute atomic E-state index is 0.135. The Morgan fingerprint density at radius 2 is 1.91 bits per heavy atom.